The minimum atomic E-state index is -0.814. The van der Waals surface area contributed by atoms with Gasteiger partial charge >= 0.3 is 6.03 Å². The fourth-order valence-corrected chi connectivity index (χ4v) is 3.90. The molecule has 4 rings (SSSR count). The van der Waals surface area contributed by atoms with E-state index < -0.39 is 11.6 Å². The second-order valence-electron chi connectivity index (χ2n) is 6.73. The highest BCUT2D eigenvalue weighted by molar-refractivity contribution is 5.89. The maximum Gasteiger partial charge on any atom is 0.322 e. The van der Waals surface area contributed by atoms with E-state index in [2.05, 4.69) is 10.3 Å². The summed E-state index contributed by atoms with van der Waals surface area (Å²) in [6, 6.07) is 6.41. The van der Waals surface area contributed by atoms with Gasteiger partial charge in [0.15, 0.2) is 11.6 Å². The molecule has 0 bridgehead atoms. The molecule has 1 aliphatic heterocycles. The van der Waals surface area contributed by atoms with Crippen LogP contribution in [-0.2, 0) is 0 Å². The van der Waals surface area contributed by atoms with Crippen molar-refractivity contribution in [3.63, 3.8) is 0 Å². The molecular weight excluding hydrogens is 340 g/mol. The number of amides is 2. The first-order valence-electron chi connectivity index (χ1n) is 8.77. The monoisotopic (exact) mass is 359 g/mol. The molecule has 2 fully saturated rings. The third-order valence-electron chi connectivity index (χ3n) is 5.12. The number of nitrogens with one attached hydrogen (secondary N) is 1. The Hall–Kier alpha value is -2.70. The number of anilines is 1. The molecule has 26 heavy (non-hydrogen) atoms. The van der Waals surface area contributed by atoms with Crippen molar-refractivity contribution in [3.05, 3.63) is 48.2 Å². The van der Waals surface area contributed by atoms with E-state index in [0.717, 1.165) is 31.5 Å². The van der Waals surface area contributed by atoms with E-state index in [0.29, 0.717) is 17.6 Å². The van der Waals surface area contributed by atoms with E-state index in [-0.39, 0.29) is 17.7 Å². The van der Waals surface area contributed by atoms with Crippen LogP contribution in [0.1, 0.15) is 25.7 Å². The number of hydrogen-bond acceptors (Lipinski definition) is 3. The predicted octanol–water partition coefficient (Wildman–Crippen LogP) is 4.56. The quantitative estimate of drug-likeness (QED) is 0.874. The van der Waals surface area contributed by atoms with Crippen LogP contribution in [0.15, 0.2) is 36.5 Å². The normalized spacial score (nSPS) is 21.5. The maximum absolute atomic E-state index is 13.7. The van der Waals surface area contributed by atoms with Crippen LogP contribution in [0.4, 0.5) is 19.3 Å². The minimum Gasteiger partial charge on any atom is -0.436 e. The Morgan fingerprint density at radius 2 is 2.08 bits per heavy atom. The number of hydrogen-bond donors (Lipinski definition) is 1. The molecule has 2 aromatic rings. The van der Waals surface area contributed by atoms with Crippen LogP contribution >= 0.6 is 0 Å². The number of urea groups is 1. The Bertz CT molecular complexity index is 830. The lowest BCUT2D eigenvalue weighted by Gasteiger charge is -2.24. The number of halogens is 2. The summed E-state index contributed by atoms with van der Waals surface area (Å²) in [6.45, 7) is 0.774. The summed E-state index contributed by atoms with van der Waals surface area (Å²) in [4.78, 5) is 18.5. The lowest BCUT2D eigenvalue weighted by Crippen LogP contribution is -2.39. The molecule has 7 heteroatoms. The fraction of sp³-hybridized carbons (Fsp3) is 0.368. The summed E-state index contributed by atoms with van der Waals surface area (Å²) in [5, 5.41) is 2.86. The Balaban J connectivity index is 1.45. The first kappa shape index (κ1) is 16.8. The van der Waals surface area contributed by atoms with E-state index in [1.165, 1.54) is 31.2 Å². The number of fused-ring (bicyclic) bond motifs is 1. The number of nitrogens with zero attached hydrogens (tertiary/aromatic N) is 2. The average Bonchev–Trinajstić information content (AvgIpc) is 3.21. The molecule has 2 amide bonds. The second-order valence-corrected chi connectivity index (χ2v) is 6.73. The molecule has 2 aliphatic rings. The highest BCUT2D eigenvalue weighted by Crippen LogP contribution is 2.38. The predicted molar refractivity (Wildman–Crippen MR) is 92.1 cm³/mol. The van der Waals surface area contributed by atoms with Gasteiger partial charge < -0.3 is 15.0 Å². The van der Waals surface area contributed by atoms with Crippen molar-refractivity contribution in [1.29, 1.82) is 0 Å². The highest BCUT2D eigenvalue weighted by atomic mass is 19.1. The second kappa shape index (κ2) is 6.90. The Morgan fingerprint density at radius 1 is 1.19 bits per heavy atom. The number of carbonyl (C=O) groups excluding carboxylic acids is 1. The third kappa shape index (κ3) is 3.34. The van der Waals surface area contributed by atoms with E-state index >= 15 is 0 Å². The average molecular weight is 359 g/mol. The molecule has 1 saturated heterocycles. The van der Waals surface area contributed by atoms with Crippen molar-refractivity contribution >= 4 is 11.7 Å². The van der Waals surface area contributed by atoms with Crippen LogP contribution in [0.2, 0.25) is 0 Å². The highest BCUT2D eigenvalue weighted by Gasteiger charge is 2.39. The standard InChI is InChI=1S/C19H19F2N3O2/c20-13-4-5-17(15(21)10-13)26-18-11-14(6-8-22-18)23-19(25)24-9-7-12-2-1-3-16(12)24/h4-6,8,10-12,16H,1-3,7,9H2,(H,22,23,25). The number of benzene rings is 1. The molecule has 136 valence electrons. The zero-order valence-corrected chi connectivity index (χ0v) is 14.1. The largest absolute Gasteiger partial charge is 0.436 e. The number of ether oxygens (including phenoxy) is 1. The van der Waals surface area contributed by atoms with Gasteiger partial charge in [0.2, 0.25) is 5.88 Å². The van der Waals surface area contributed by atoms with Gasteiger partial charge in [-0.3, -0.25) is 0 Å². The fourth-order valence-electron chi connectivity index (χ4n) is 3.90. The van der Waals surface area contributed by atoms with Gasteiger partial charge in [-0.05, 0) is 43.4 Å². The smallest absolute Gasteiger partial charge is 0.322 e. The third-order valence-corrected chi connectivity index (χ3v) is 5.12. The van der Waals surface area contributed by atoms with Gasteiger partial charge in [0.05, 0.1) is 0 Å². The van der Waals surface area contributed by atoms with Gasteiger partial charge in [-0.1, -0.05) is 6.42 Å². The molecule has 2 heterocycles. The zero-order valence-electron chi connectivity index (χ0n) is 14.1. The Labute approximate surface area is 150 Å². The van der Waals surface area contributed by atoms with E-state index in [4.69, 9.17) is 4.74 Å². The summed E-state index contributed by atoms with van der Waals surface area (Å²) in [6.07, 6.45) is 5.97. The van der Waals surface area contributed by atoms with Crippen molar-refractivity contribution in [1.82, 2.24) is 9.88 Å². The summed E-state index contributed by atoms with van der Waals surface area (Å²) in [5.74, 6) is -0.882. The van der Waals surface area contributed by atoms with E-state index in [1.54, 1.807) is 6.07 Å². The number of aromatic nitrogens is 1. The molecule has 1 saturated carbocycles. The zero-order chi connectivity index (χ0) is 18.1. The molecule has 0 radical (unpaired) electrons. The Kier molecular flexibility index (Phi) is 4.44. The van der Waals surface area contributed by atoms with Gasteiger partial charge in [-0.25, -0.2) is 18.6 Å². The van der Waals surface area contributed by atoms with Crippen molar-refractivity contribution in [2.45, 2.75) is 31.7 Å². The summed E-state index contributed by atoms with van der Waals surface area (Å²) < 4.78 is 32.0. The first-order valence-corrected chi connectivity index (χ1v) is 8.77. The van der Waals surface area contributed by atoms with E-state index in [9.17, 15) is 13.6 Å². The minimum absolute atomic E-state index is 0.119. The number of likely N-dealkylation sites (tertiary alicyclic amines) is 1. The molecular formula is C19H19F2N3O2. The topological polar surface area (TPSA) is 54.5 Å². The van der Waals surface area contributed by atoms with Gasteiger partial charge in [-0.2, -0.15) is 0 Å². The van der Waals surface area contributed by atoms with Crippen molar-refractivity contribution in [3.8, 4) is 11.6 Å². The number of carbonyl (C=O) groups is 1. The van der Waals surface area contributed by atoms with Crippen molar-refractivity contribution in [2.24, 2.45) is 5.92 Å². The molecule has 1 aromatic heterocycles. The first-order chi connectivity index (χ1) is 12.6. The number of rotatable bonds is 3. The molecule has 5 nitrogen and oxygen atoms in total. The summed E-state index contributed by atoms with van der Waals surface area (Å²) >= 11 is 0. The van der Waals surface area contributed by atoms with Crippen molar-refractivity contribution in [2.75, 3.05) is 11.9 Å². The summed E-state index contributed by atoms with van der Waals surface area (Å²) in [7, 11) is 0. The van der Waals surface area contributed by atoms with Gasteiger partial charge in [-0.15, -0.1) is 0 Å². The van der Waals surface area contributed by atoms with Gasteiger partial charge in [0, 0.05) is 36.6 Å². The molecule has 2 unspecified atom stereocenters. The molecule has 1 N–H and O–H groups in total. The summed E-state index contributed by atoms with van der Waals surface area (Å²) in [5.41, 5.74) is 0.518. The SMILES string of the molecule is O=C(Nc1ccnc(Oc2ccc(F)cc2F)c1)N1CCC2CCCC21. The molecule has 2 atom stereocenters. The maximum atomic E-state index is 13.7. The van der Waals surface area contributed by atoms with Crippen LogP contribution in [0.3, 0.4) is 0 Å². The van der Waals surface area contributed by atoms with Crippen LogP contribution in [0.25, 0.3) is 0 Å². The van der Waals surface area contributed by atoms with Gasteiger partial charge in [0.1, 0.15) is 5.82 Å². The van der Waals surface area contributed by atoms with Crippen LogP contribution in [-0.4, -0.2) is 28.5 Å². The molecule has 1 aliphatic carbocycles. The van der Waals surface area contributed by atoms with E-state index in [1.807, 2.05) is 4.90 Å². The number of pyridine rings is 1. The lowest BCUT2D eigenvalue weighted by atomic mass is 10.1. The lowest BCUT2D eigenvalue weighted by molar-refractivity contribution is 0.203. The van der Waals surface area contributed by atoms with Crippen LogP contribution in [0.5, 0.6) is 11.6 Å². The molecule has 1 aromatic carbocycles. The van der Waals surface area contributed by atoms with Crippen LogP contribution < -0.4 is 10.1 Å². The van der Waals surface area contributed by atoms with Crippen molar-refractivity contribution < 1.29 is 18.3 Å². The molecule has 0 spiro atoms. The van der Waals surface area contributed by atoms with Crippen LogP contribution in [0, 0.1) is 17.6 Å². The Morgan fingerprint density at radius 3 is 2.92 bits per heavy atom. The van der Waals surface area contributed by atoms with Gasteiger partial charge in [0.25, 0.3) is 0 Å².